The Hall–Kier alpha value is -0.570. The smallest absolute Gasteiger partial charge is 0.210 e. The first kappa shape index (κ1) is 10.5. The Morgan fingerprint density at radius 2 is 1.85 bits per heavy atom. The molecule has 0 radical (unpaired) electrons. The standard InChI is InChI=1S/C7H14N2O.C3H6/c1-7-5-8(2)3-4-9(7)6-10;1-2-3-1/h6-7H,3-5H2,1-2H3;1-3H2. The van der Waals surface area contributed by atoms with E-state index in [9.17, 15) is 4.79 Å². The number of nitrogens with zero attached hydrogens (tertiary/aromatic N) is 2. The van der Waals surface area contributed by atoms with Crippen LogP contribution >= 0.6 is 0 Å². The molecule has 0 N–H and O–H groups in total. The summed E-state index contributed by atoms with van der Waals surface area (Å²) in [6.45, 7) is 4.95. The summed E-state index contributed by atoms with van der Waals surface area (Å²) in [5, 5.41) is 0. The number of hydrogen-bond donors (Lipinski definition) is 0. The molecule has 13 heavy (non-hydrogen) atoms. The van der Waals surface area contributed by atoms with Gasteiger partial charge in [0.15, 0.2) is 0 Å². The number of hydrogen-bond acceptors (Lipinski definition) is 2. The van der Waals surface area contributed by atoms with E-state index in [0.717, 1.165) is 26.0 Å². The molecule has 1 saturated carbocycles. The van der Waals surface area contributed by atoms with Gasteiger partial charge in [-0.3, -0.25) is 4.79 Å². The largest absolute Gasteiger partial charge is 0.340 e. The van der Waals surface area contributed by atoms with Crippen LogP contribution in [0.5, 0.6) is 0 Å². The molecule has 2 fully saturated rings. The molecule has 3 heteroatoms. The van der Waals surface area contributed by atoms with E-state index in [2.05, 4.69) is 18.9 Å². The molecule has 0 aromatic carbocycles. The molecule has 1 amide bonds. The third kappa shape index (κ3) is 4.27. The zero-order valence-corrected chi connectivity index (χ0v) is 8.70. The zero-order valence-electron chi connectivity index (χ0n) is 8.70. The van der Waals surface area contributed by atoms with Crippen LogP contribution in [0.4, 0.5) is 0 Å². The van der Waals surface area contributed by atoms with Gasteiger partial charge in [0.2, 0.25) is 6.41 Å². The molecule has 1 atom stereocenters. The van der Waals surface area contributed by atoms with Crippen molar-refractivity contribution in [1.82, 2.24) is 9.80 Å². The van der Waals surface area contributed by atoms with Gasteiger partial charge in [-0.15, -0.1) is 0 Å². The molecular formula is C10H20N2O. The van der Waals surface area contributed by atoms with Crippen LogP contribution in [-0.4, -0.2) is 48.9 Å². The van der Waals surface area contributed by atoms with Gasteiger partial charge in [-0.05, 0) is 14.0 Å². The van der Waals surface area contributed by atoms with Gasteiger partial charge >= 0.3 is 0 Å². The Bertz CT molecular complexity index is 156. The number of likely N-dealkylation sites (N-methyl/N-ethyl adjacent to an activating group) is 1. The van der Waals surface area contributed by atoms with E-state index in [4.69, 9.17) is 0 Å². The molecule has 3 nitrogen and oxygen atoms in total. The Kier molecular flexibility index (Phi) is 4.22. The van der Waals surface area contributed by atoms with E-state index in [0.29, 0.717) is 6.04 Å². The molecule has 0 bridgehead atoms. The average Bonchev–Trinajstić information content (AvgIpc) is 2.90. The molecule has 1 unspecified atom stereocenters. The fraction of sp³-hybridized carbons (Fsp3) is 0.900. The second kappa shape index (κ2) is 5.22. The lowest BCUT2D eigenvalue weighted by atomic mass is 10.2. The van der Waals surface area contributed by atoms with Crippen LogP contribution < -0.4 is 0 Å². The molecule has 1 aliphatic carbocycles. The third-order valence-electron chi connectivity index (χ3n) is 2.37. The van der Waals surface area contributed by atoms with Gasteiger partial charge in [-0.2, -0.15) is 0 Å². The van der Waals surface area contributed by atoms with Crippen molar-refractivity contribution >= 4 is 6.41 Å². The Labute approximate surface area is 80.7 Å². The second-order valence-corrected chi connectivity index (χ2v) is 4.02. The summed E-state index contributed by atoms with van der Waals surface area (Å²) in [5.41, 5.74) is 0. The highest BCUT2D eigenvalue weighted by Gasteiger charge is 2.18. The molecule has 1 aliphatic heterocycles. The normalized spacial score (nSPS) is 27.5. The van der Waals surface area contributed by atoms with E-state index in [1.165, 1.54) is 19.3 Å². The highest BCUT2D eigenvalue weighted by molar-refractivity contribution is 5.47. The summed E-state index contributed by atoms with van der Waals surface area (Å²) in [7, 11) is 2.08. The van der Waals surface area contributed by atoms with Crippen molar-refractivity contribution < 1.29 is 4.79 Å². The SMILES string of the molecule is C1CC1.CC1CN(C)CCN1C=O. The maximum atomic E-state index is 10.4. The van der Waals surface area contributed by atoms with E-state index in [-0.39, 0.29) is 0 Å². The average molecular weight is 184 g/mol. The summed E-state index contributed by atoms with van der Waals surface area (Å²) in [5.74, 6) is 0. The van der Waals surface area contributed by atoms with Crippen molar-refractivity contribution in [3.05, 3.63) is 0 Å². The topological polar surface area (TPSA) is 23.6 Å². The summed E-state index contributed by atoms with van der Waals surface area (Å²) in [6.07, 6.45) is 5.44. The molecule has 1 heterocycles. The summed E-state index contributed by atoms with van der Waals surface area (Å²) in [6, 6.07) is 0.385. The van der Waals surface area contributed by atoms with E-state index in [1.807, 2.05) is 4.90 Å². The first-order valence-electron chi connectivity index (χ1n) is 5.13. The Balaban J connectivity index is 0.000000236. The van der Waals surface area contributed by atoms with Gasteiger partial charge in [0.25, 0.3) is 0 Å². The molecule has 76 valence electrons. The molecule has 1 saturated heterocycles. The molecule has 2 rings (SSSR count). The summed E-state index contributed by atoms with van der Waals surface area (Å²) in [4.78, 5) is 14.5. The number of rotatable bonds is 1. The van der Waals surface area contributed by atoms with Gasteiger partial charge in [0, 0.05) is 25.7 Å². The van der Waals surface area contributed by atoms with Crippen LogP contribution in [0.15, 0.2) is 0 Å². The Morgan fingerprint density at radius 1 is 1.23 bits per heavy atom. The number of carbonyl (C=O) groups excluding carboxylic acids is 1. The Morgan fingerprint density at radius 3 is 2.23 bits per heavy atom. The van der Waals surface area contributed by atoms with Gasteiger partial charge in [-0.1, -0.05) is 19.3 Å². The van der Waals surface area contributed by atoms with Crippen LogP contribution in [0.1, 0.15) is 26.2 Å². The van der Waals surface area contributed by atoms with E-state index >= 15 is 0 Å². The summed E-state index contributed by atoms with van der Waals surface area (Å²) < 4.78 is 0. The second-order valence-electron chi connectivity index (χ2n) is 4.02. The minimum Gasteiger partial charge on any atom is -0.340 e. The maximum Gasteiger partial charge on any atom is 0.210 e. The fourth-order valence-corrected chi connectivity index (χ4v) is 1.31. The van der Waals surface area contributed by atoms with Crippen molar-refractivity contribution in [3.8, 4) is 0 Å². The van der Waals surface area contributed by atoms with E-state index < -0.39 is 0 Å². The van der Waals surface area contributed by atoms with Gasteiger partial charge in [0.05, 0.1) is 0 Å². The zero-order chi connectivity index (χ0) is 9.68. The number of piperazine rings is 1. The highest BCUT2D eigenvalue weighted by atomic mass is 16.1. The van der Waals surface area contributed by atoms with Crippen molar-refractivity contribution in [1.29, 1.82) is 0 Å². The fourth-order valence-electron chi connectivity index (χ4n) is 1.31. The monoisotopic (exact) mass is 184 g/mol. The lowest BCUT2D eigenvalue weighted by Gasteiger charge is -2.35. The quantitative estimate of drug-likeness (QED) is 0.566. The summed E-state index contributed by atoms with van der Waals surface area (Å²) >= 11 is 0. The molecule has 0 aromatic heterocycles. The lowest BCUT2D eigenvalue weighted by Crippen LogP contribution is -2.49. The lowest BCUT2D eigenvalue weighted by molar-refractivity contribution is -0.121. The highest BCUT2D eigenvalue weighted by Crippen LogP contribution is 2.14. The van der Waals surface area contributed by atoms with Crippen molar-refractivity contribution in [2.45, 2.75) is 32.2 Å². The first-order chi connectivity index (χ1) is 6.24. The van der Waals surface area contributed by atoms with Gasteiger partial charge in [-0.25, -0.2) is 0 Å². The number of carbonyl (C=O) groups is 1. The van der Waals surface area contributed by atoms with Crippen LogP contribution in [0.2, 0.25) is 0 Å². The molecule has 0 aromatic rings. The molecule has 2 aliphatic rings. The predicted molar refractivity (Wildman–Crippen MR) is 53.6 cm³/mol. The minimum atomic E-state index is 0.385. The van der Waals surface area contributed by atoms with Crippen LogP contribution in [0.3, 0.4) is 0 Å². The van der Waals surface area contributed by atoms with Crippen LogP contribution in [-0.2, 0) is 4.79 Å². The predicted octanol–water partition coefficient (Wildman–Crippen LogP) is 0.949. The van der Waals surface area contributed by atoms with Crippen LogP contribution in [0, 0.1) is 0 Å². The third-order valence-corrected chi connectivity index (χ3v) is 2.37. The van der Waals surface area contributed by atoms with Crippen molar-refractivity contribution in [2.75, 3.05) is 26.7 Å². The van der Waals surface area contributed by atoms with Gasteiger partial charge < -0.3 is 9.80 Å². The van der Waals surface area contributed by atoms with Crippen molar-refractivity contribution in [3.63, 3.8) is 0 Å². The molecular weight excluding hydrogens is 164 g/mol. The minimum absolute atomic E-state index is 0.385. The first-order valence-corrected chi connectivity index (χ1v) is 5.13. The van der Waals surface area contributed by atoms with Gasteiger partial charge in [0.1, 0.15) is 0 Å². The molecule has 0 spiro atoms. The van der Waals surface area contributed by atoms with Crippen molar-refractivity contribution in [2.24, 2.45) is 0 Å². The number of amides is 1. The van der Waals surface area contributed by atoms with E-state index in [1.54, 1.807) is 0 Å². The maximum absolute atomic E-state index is 10.4. The van der Waals surface area contributed by atoms with Crippen LogP contribution in [0.25, 0.3) is 0 Å².